The van der Waals surface area contributed by atoms with Crippen LogP contribution >= 0.6 is 0 Å². The Balaban J connectivity index is 2.11. The maximum atomic E-state index is 11.7. The Morgan fingerprint density at radius 3 is 2.65 bits per heavy atom. The van der Waals surface area contributed by atoms with Crippen molar-refractivity contribution in [2.24, 2.45) is 5.41 Å². The number of hydrogen-bond donors (Lipinski definition) is 1. The molecule has 1 heterocycles. The van der Waals surface area contributed by atoms with Gasteiger partial charge in [-0.2, -0.15) is 5.10 Å². The summed E-state index contributed by atoms with van der Waals surface area (Å²) in [5.41, 5.74) is 4.28. The van der Waals surface area contributed by atoms with Gasteiger partial charge in [0, 0.05) is 11.3 Å². The van der Waals surface area contributed by atoms with Crippen LogP contribution in [0.15, 0.2) is 30.5 Å². The molecule has 5 nitrogen and oxygen atoms in total. The number of rotatable bonds is 3. The monoisotopic (exact) mass is 333 g/mol. The lowest BCUT2D eigenvalue weighted by atomic mass is 9.74. The molecular formula is C17H23N3O2S. The summed E-state index contributed by atoms with van der Waals surface area (Å²) in [7, 11) is -3.27. The molecule has 0 unspecified atom stereocenters. The Kier molecular flexibility index (Phi) is 3.84. The Morgan fingerprint density at radius 1 is 1.30 bits per heavy atom. The third-order valence-corrected chi connectivity index (χ3v) is 5.09. The number of benzene rings is 1. The van der Waals surface area contributed by atoms with Crippen molar-refractivity contribution in [3.05, 3.63) is 47.3 Å². The van der Waals surface area contributed by atoms with Gasteiger partial charge in [0.05, 0.1) is 24.2 Å². The smallest absolute Gasteiger partial charge is 0.209 e. The summed E-state index contributed by atoms with van der Waals surface area (Å²) in [6, 6.07) is 7.89. The molecule has 0 amide bonds. The predicted octanol–water partition coefficient (Wildman–Crippen LogP) is 2.74. The van der Waals surface area contributed by atoms with Gasteiger partial charge in [-0.05, 0) is 36.8 Å². The minimum atomic E-state index is -3.27. The Hall–Kier alpha value is -1.66. The number of hydrogen-bond acceptors (Lipinski definition) is 3. The molecule has 1 aromatic carbocycles. The molecule has 0 fully saturated rings. The fourth-order valence-corrected chi connectivity index (χ4v) is 4.14. The molecular weight excluding hydrogens is 310 g/mol. The van der Waals surface area contributed by atoms with Gasteiger partial charge in [-0.25, -0.2) is 17.8 Å². The quantitative estimate of drug-likeness (QED) is 0.939. The van der Waals surface area contributed by atoms with Gasteiger partial charge in [0.1, 0.15) is 0 Å². The molecule has 1 aliphatic rings. The summed E-state index contributed by atoms with van der Waals surface area (Å²) in [6.07, 6.45) is 4.66. The highest BCUT2D eigenvalue weighted by molar-refractivity contribution is 7.88. The number of fused-ring (bicyclic) bond motifs is 1. The fourth-order valence-electron chi connectivity index (χ4n) is 3.41. The van der Waals surface area contributed by atoms with E-state index in [2.05, 4.69) is 36.7 Å². The Morgan fingerprint density at radius 2 is 2.00 bits per heavy atom. The lowest BCUT2D eigenvalue weighted by molar-refractivity contribution is 0.269. The van der Waals surface area contributed by atoms with Crippen molar-refractivity contribution in [3.63, 3.8) is 0 Å². The van der Waals surface area contributed by atoms with Gasteiger partial charge >= 0.3 is 0 Å². The fraction of sp³-hybridized carbons (Fsp3) is 0.471. The van der Waals surface area contributed by atoms with E-state index in [1.807, 2.05) is 22.9 Å². The van der Waals surface area contributed by atoms with Crippen molar-refractivity contribution in [1.29, 1.82) is 0 Å². The highest BCUT2D eigenvalue weighted by Gasteiger charge is 2.36. The normalized spacial score (nSPS) is 20.3. The Bertz CT molecular complexity index is 837. The minimum Gasteiger partial charge on any atom is -0.237 e. The van der Waals surface area contributed by atoms with Crippen LogP contribution in [0.5, 0.6) is 0 Å². The van der Waals surface area contributed by atoms with Crippen LogP contribution in [0.3, 0.4) is 0 Å². The van der Waals surface area contributed by atoms with Gasteiger partial charge in [-0.15, -0.1) is 0 Å². The van der Waals surface area contributed by atoms with Crippen molar-refractivity contribution >= 4 is 10.0 Å². The molecule has 124 valence electrons. The number of nitrogens with zero attached hydrogens (tertiary/aromatic N) is 2. The first kappa shape index (κ1) is 16.2. The van der Waals surface area contributed by atoms with E-state index in [0.29, 0.717) is 0 Å². The third kappa shape index (κ3) is 3.33. The van der Waals surface area contributed by atoms with E-state index in [1.54, 1.807) is 6.20 Å². The van der Waals surface area contributed by atoms with Crippen molar-refractivity contribution < 1.29 is 8.42 Å². The first-order valence-corrected chi connectivity index (χ1v) is 9.65. The van der Waals surface area contributed by atoms with Crippen LogP contribution in [0.2, 0.25) is 0 Å². The van der Waals surface area contributed by atoms with Gasteiger partial charge < -0.3 is 0 Å². The lowest BCUT2D eigenvalue weighted by Gasteiger charge is -2.35. The van der Waals surface area contributed by atoms with Crippen LogP contribution in [0.4, 0.5) is 0 Å². The maximum Gasteiger partial charge on any atom is 0.209 e. The summed E-state index contributed by atoms with van der Waals surface area (Å²) < 4.78 is 28.2. The van der Waals surface area contributed by atoms with E-state index in [-0.39, 0.29) is 11.5 Å². The zero-order valence-electron chi connectivity index (χ0n) is 14.0. The standard InChI is InChI=1S/C17H23N3O2S/c1-12-7-5-6-8-15(12)20-16-10-17(2,3)9-14(13(16)11-18-20)19-23(4,21)22/h5-8,11,14,19H,9-10H2,1-4H3/t14-/m1/s1. The van der Waals surface area contributed by atoms with Crippen LogP contribution in [-0.4, -0.2) is 24.5 Å². The van der Waals surface area contributed by atoms with Gasteiger partial charge in [-0.1, -0.05) is 32.0 Å². The van der Waals surface area contributed by atoms with Crippen molar-refractivity contribution in [2.45, 2.75) is 39.7 Å². The molecule has 3 rings (SSSR count). The molecule has 1 N–H and O–H groups in total. The van der Waals surface area contributed by atoms with Crippen LogP contribution in [0.1, 0.15) is 43.1 Å². The minimum absolute atomic E-state index is 0.00975. The largest absolute Gasteiger partial charge is 0.237 e. The summed E-state index contributed by atoms with van der Waals surface area (Å²) in [5, 5.41) is 4.56. The molecule has 6 heteroatoms. The lowest BCUT2D eigenvalue weighted by Crippen LogP contribution is -2.36. The zero-order valence-corrected chi connectivity index (χ0v) is 14.8. The maximum absolute atomic E-state index is 11.7. The summed E-state index contributed by atoms with van der Waals surface area (Å²) in [5.74, 6) is 0. The molecule has 0 bridgehead atoms. The second-order valence-electron chi connectivity index (χ2n) is 7.23. The molecule has 0 saturated carbocycles. The van der Waals surface area contributed by atoms with E-state index < -0.39 is 10.0 Å². The molecule has 0 radical (unpaired) electrons. The number of para-hydroxylation sites is 1. The zero-order chi connectivity index (χ0) is 16.8. The number of sulfonamides is 1. The molecule has 2 aromatic rings. The molecule has 1 aromatic heterocycles. The van der Waals surface area contributed by atoms with Crippen LogP contribution in [-0.2, 0) is 16.4 Å². The highest BCUT2D eigenvalue weighted by Crippen LogP contribution is 2.41. The molecule has 0 saturated heterocycles. The average molecular weight is 333 g/mol. The summed E-state index contributed by atoms with van der Waals surface area (Å²) >= 11 is 0. The van der Waals surface area contributed by atoms with E-state index in [0.717, 1.165) is 35.3 Å². The average Bonchev–Trinajstić information content (AvgIpc) is 2.79. The van der Waals surface area contributed by atoms with Crippen molar-refractivity contribution in [1.82, 2.24) is 14.5 Å². The van der Waals surface area contributed by atoms with E-state index >= 15 is 0 Å². The van der Waals surface area contributed by atoms with Crippen molar-refractivity contribution in [2.75, 3.05) is 6.26 Å². The van der Waals surface area contributed by atoms with Crippen LogP contribution in [0, 0.1) is 12.3 Å². The summed E-state index contributed by atoms with van der Waals surface area (Å²) in [4.78, 5) is 0. The molecule has 0 aliphatic heterocycles. The summed E-state index contributed by atoms with van der Waals surface area (Å²) in [6.45, 7) is 6.40. The second-order valence-corrected chi connectivity index (χ2v) is 9.01. The van der Waals surface area contributed by atoms with Gasteiger partial charge in [0.15, 0.2) is 0 Å². The van der Waals surface area contributed by atoms with E-state index in [1.165, 1.54) is 6.26 Å². The topological polar surface area (TPSA) is 64.0 Å². The second kappa shape index (κ2) is 5.46. The van der Waals surface area contributed by atoms with E-state index in [4.69, 9.17) is 0 Å². The molecule has 0 spiro atoms. The first-order chi connectivity index (χ1) is 10.7. The number of aryl methyl sites for hydroxylation is 1. The number of nitrogens with one attached hydrogen (secondary N) is 1. The molecule has 1 aliphatic carbocycles. The van der Waals surface area contributed by atoms with Crippen LogP contribution in [0.25, 0.3) is 5.69 Å². The van der Waals surface area contributed by atoms with Crippen LogP contribution < -0.4 is 4.72 Å². The van der Waals surface area contributed by atoms with E-state index in [9.17, 15) is 8.42 Å². The highest BCUT2D eigenvalue weighted by atomic mass is 32.2. The van der Waals surface area contributed by atoms with Gasteiger partial charge in [0.25, 0.3) is 0 Å². The number of aromatic nitrogens is 2. The van der Waals surface area contributed by atoms with Gasteiger partial charge in [0.2, 0.25) is 10.0 Å². The molecule has 23 heavy (non-hydrogen) atoms. The first-order valence-electron chi connectivity index (χ1n) is 7.76. The predicted molar refractivity (Wildman–Crippen MR) is 91.1 cm³/mol. The molecule has 1 atom stereocenters. The van der Waals surface area contributed by atoms with Gasteiger partial charge in [-0.3, -0.25) is 0 Å². The Labute approximate surface area is 137 Å². The van der Waals surface area contributed by atoms with Crippen molar-refractivity contribution in [3.8, 4) is 5.69 Å². The SMILES string of the molecule is Cc1ccccc1-n1ncc2c1CC(C)(C)C[C@H]2NS(C)(=O)=O. The third-order valence-electron chi connectivity index (χ3n) is 4.38.